The number of phosphoric ester groups is 1. The lowest BCUT2D eigenvalue weighted by atomic mass is 10.4. The van der Waals surface area contributed by atoms with Gasteiger partial charge in [0.25, 0.3) is 0 Å². The second-order valence-electron chi connectivity index (χ2n) is 4.77. The summed E-state index contributed by atoms with van der Waals surface area (Å²) in [5.41, 5.74) is 0. The van der Waals surface area contributed by atoms with Crippen molar-refractivity contribution in [2.45, 2.75) is 52.6 Å². The molecule has 0 spiro atoms. The molecule has 0 bridgehead atoms. The largest absolute Gasteiger partial charge is 0.475 e. The highest BCUT2D eigenvalue weighted by Gasteiger charge is 2.36. The van der Waals surface area contributed by atoms with E-state index >= 15 is 0 Å². The van der Waals surface area contributed by atoms with Crippen LogP contribution in [-0.4, -0.2) is 37.8 Å². The monoisotopic (exact) mass is 282 g/mol. The van der Waals surface area contributed by atoms with Gasteiger partial charge in [0, 0.05) is 0 Å². The zero-order chi connectivity index (χ0) is 13.8. The van der Waals surface area contributed by atoms with Crippen molar-refractivity contribution in [1.82, 2.24) is 0 Å². The van der Waals surface area contributed by atoms with E-state index in [1.165, 1.54) is 0 Å². The van der Waals surface area contributed by atoms with E-state index in [0.29, 0.717) is 6.61 Å². The third kappa shape index (κ3) is 5.34. The van der Waals surface area contributed by atoms with Gasteiger partial charge in [-0.2, -0.15) is 0 Å². The number of hydrogen-bond acceptors (Lipinski definition) is 6. The molecule has 1 aliphatic heterocycles. The Bertz CT molecular complexity index is 304. The molecular formula is C11H23O6P. The van der Waals surface area contributed by atoms with Crippen molar-refractivity contribution in [3.8, 4) is 0 Å². The normalized spacial score (nSPS) is 26.4. The number of rotatable bonds is 7. The summed E-state index contributed by atoms with van der Waals surface area (Å²) in [5, 5.41) is 0. The lowest BCUT2D eigenvalue weighted by Gasteiger charge is -2.21. The fourth-order valence-corrected chi connectivity index (χ4v) is 2.91. The van der Waals surface area contributed by atoms with E-state index in [1.807, 2.05) is 13.8 Å². The molecule has 0 aliphatic carbocycles. The summed E-state index contributed by atoms with van der Waals surface area (Å²) in [5.74, 6) is -0.622. The quantitative estimate of drug-likeness (QED) is 0.669. The lowest BCUT2D eigenvalue weighted by Crippen LogP contribution is -2.24. The maximum absolute atomic E-state index is 12.2. The van der Waals surface area contributed by atoms with Gasteiger partial charge in [0.15, 0.2) is 5.79 Å². The summed E-state index contributed by atoms with van der Waals surface area (Å²) in [7, 11) is -3.51. The highest BCUT2D eigenvalue weighted by Crippen LogP contribution is 2.50. The van der Waals surface area contributed by atoms with Crippen LogP contribution in [0.4, 0.5) is 0 Å². The molecule has 18 heavy (non-hydrogen) atoms. The maximum Gasteiger partial charge on any atom is 0.475 e. The zero-order valence-electron chi connectivity index (χ0n) is 11.7. The van der Waals surface area contributed by atoms with E-state index in [1.54, 1.807) is 20.8 Å². The van der Waals surface area contributed by atoms with Crippen molar-refractivity contribution in [1.29, 1.82) is 0 Å². The highest BCUT2D eigenvalue weighted by molar-refractivity contribution is 7.48. The Hall–Kier alpha value is 0.0300. The van der Waals surface area contributed by atoms with Gasteiger partial charge in [0.05, 0.1) is 25.9 Å². The molecule has 0 N–H and O–H groups in total. The molecule has 7 heteroatoms. The maximum atomic E-state index is 12.2. The summed E-state index contributed by atoms with van der Waals surface area (Å²) >= 11 is 0. The van der Waals surface area contributed by atoms with Crippen molar-refractivity contribution in [3.05, 3.63) is 0 Å². The van der Waals surface area contributed by atoms with Gasteiger partial charge in [0.1, 0.15) is 6.10 Å². The van der Waals surface area contributed by atoms with E-state index < -0.39 is 13.6 Å². The number of ether oxygens (including phenoxy) is 2. The first-order chi connectivity index (χ1) is 8.26. The van der Waals surface area contributed by atoms with Crippen LogP contribution in [0.2, 0.25) is 0 Å². The van der Waals surface area contributed by atoms with Crippen LogP contribution >= 0.6 is 7.82 Å². The molecule has 0 saturated carbocycles. The zero-order valence-corrected chi connectivity index (χ0v) is 12.6. The van der Waals surface area contributed by atoms with Gasteiger partial charge >= 0.3 is 7.82 Å². The topological polar surface area (TPSA) is 63.2 Å². The molecule has 1 heterocycles. The van der Waals surface area contributed by atoms with Crippen LogP contribution in [0.3, 0.4) is 0 Å². The minimum absolute atomic E-state index is 0.118. The van der Waals surface area contributed by atoms with Gasteiger partial charge < -0.3 is 9.47 Å². The Morgan fingerprint density at radius 1 is 1.39 bits per heavy atom. The fraction of sp³-hybridized carbons (Fsp3) is 1.00. The fourth-order valence-electron chi connectivity index (χ4n) is 1.53. The van der Waals surface area contributed by atoms with Crippen molar-refractivity contribution >= 4 is 7.82 Å². The first-order valence-corrected chi connectivity index (χ1v) is 7.61. The summed E-state index contributed by atoms with van der Waals surface area (Å²) in [6.07, 6.45) is -0.496. The first-order valence-electron chi connectivity index (χ1n) is 6.15. The summed E-state index contributed by atoms with van der Waals surface area (Å²) in [4.78, 5) is 0. The summed E-state index contributed by atoms with van der Waals surface area (Å²) < 4.78 is 38.6. The molecule has 1 aliphatic rings. The molecule has 1 fully saturated rings. The number of hydrogen-bond donors (Lipinski definition) is 0. The minimum Gasteiger partial charge on any atom is -0.348 e. The van der Waals surface area contributed by atoms with E-state index in [-0.39, 0.29) is 25.4 Å². The predicted molar refractivity (Wildman–Crippen MR) is 66.3 cm³/mol. The average Bonchev–Trinajstić information content (AvgIpc) is 2.55. The van der Waals surface area contributed by atoms with Crippen LogP contribution in [0.5, 0.6) is 0 Å². The van der Waals surface area contributed by atoms with Crippen LogP contribution in [0.25, 0.3) is 0 Å². The molecule has 0 radical (unpaired) electrons. The van der Waals surface area contributed by atoms with Gasteiger partial charge in [-0.15, -0.1) is 0 Å². The van der Waals surface area contributed by atoms with Crippen molar-refractivity contribution < 1.29 is 27.6 Å². The second kappa shape index (κ2) is 6.46. The molecule has 6 nitrogen and oxygen atoms in total. The average molecular weight is 282 g/mol. The van der Waals surface area contributed by atoms with Crippen molar-refractivity contribution in [3.63, 3.8) is 0 Å². The predicted octanol–water partition coefficient (Wildman–Crippen LogP) is 2.72. The van der Waals surface area contributed by atoms with Gasteiger partial charge in [-0.1, -0.05) is 0 Å². The molecule has 108 valence electrons. The summed E-state index contributed by atoms with van der Waals surface area (Å²) in [6, 6.07) is 0. The third-order valence-corrected chi connectivity index (χ3v) is 3.83. The van der Waals surface area contributed by atoms with Gasteiger partial charge in [0.2, 0.25) is 0 Å². The Morgan fingerprint density at radius 3 is 2.50 bits per heavy atom. The van der Waals surface area contributed by atoms with E-state index in [2.05, 4.69) is 0 Å². The van der Waals surface area contributed by atoms with Crippen LogP contribution < -0.4 is 0 Å². The van der Waals surface area contributed by atoms with Crippen LogP contribution in [0, 0.1) is 0 Å². The third-order valence-electron chi connectivity index (χ3n) is 2.11. The Balaban J connectivity index is 2.45. The summed E-state index contributed by atoms with van der Waals surface area (Å²) in [6.45, 7) is 9.70. The molecule has 0 aromatic carbocycles. The van der Waals surface area contributed by atoms with Crippen molar-refractivity contribution in [2.75, 3.05) is 19.8 Å². The molecule has 0 aromatic heterocycles. The molecule has 2 atom stereocenters. The van der Waals surface area contributed by atoms with E-state index in [9.17, 15) is 4.57 Å². The SMILES string of the molecule is CCOP(=O)(OCC1COC(C)(C)O1)OC(C)C. The van der Waals surface area contributed by atoms with Crippen molar-refractivity contribution in [2.24, 2.45) is 0 Å². The smallest absolute Gasteiger partial charge is 0.348 e. The molecule has 0 aromatic rings. The molecule has 2 unspecified atom stereocenters. The molecule has 1 rings (SSSR count). The number of phosphoric acid groups is 1. The minimum atomic E-state index is -3.51. The van der Waals surface area contributed by atoms with Gasteiger partial charge in [-0.05, 0) is 34.6 Å². The van der Waals surface area contributed by atoms with Crippen LogP contribution in [0.15, 0.2) is 0 Å². The van der Waals surface area contributed by atoms with Crippen LogP contribution in [0.1, 0.15) is 34.6 Å². The van der Waals surface area contributed by atoms with Gasteiger partial charge in [-0.25, -0.2) is 4.57 Å². The van der Waals surface area contributed by atoms with Gasteiger partial charge in [-0.3, -0.25) is 13.6 Å². The van der Waals surface area contributed by atoms with E-state index in [4.69, 9.17) is 23.0 Å². The molecular weight excluding hydrogens is 259 g/mol. The van der Waals surface area contributed by atoms with Crippen LogP contribution in [-0.2, 0) is 27.6 Å². The molecule has 1 saturated heterocycles. The molecule has 0 amide bonds. The van der Waals surface area contributed by atoms with E-state index in [0.717, 1.165) is 0 Å². The standard InChI is InChI=1S/C11H23O6P/c1-6-14-18(12,17-9(2)3)15-8-10-7-13-11(4,5)16-10/h9-10H,6-8H2,1-5H3. The Morgan fingerprint density at radius 2 is 2.06 bits per heavy atom. The Labute approximate surface area is 109 Å². The lowest BCUT2D eigenvalue weighted by molar-refractivity contribution is -0.142. The first kappa shape index (κ1) is 16.1. The second-order valence-corrected chi connectivity index (χ2v) is 6.39. The highest BCUT2D eigenvalue weighted by atomic mass is 31.2. The Kier molecular flexibility index (Phi) is 5.77.